The van der Waals surface area contributed by atoms with Crippen molar-refractivity contribution in [1.82, 2.24) is 0 Å². The molecule has 8 heteroatoms. The molecule has 0 atom stereocenters. The number of aromatic carboxylic acids is 2. The highest BCUT2D eigenvalue weighted by Gasteiger charge is 2.17. The van der Waals surface area contributed by atoms with Gasteiger partial charge < -0.3 is 25.0 Å². The van der Waals surface area contributed by atoms with Gasteiger partial charge in [-0.25, -0.2) is 9.59 Å². The molecule has 0 aliphatic rings. The van der Waals surface area contributed by atoms with Crippen molar-refractivity contribution in [2.24, 2.45) is 0 Å². The lowest BCUT2D eigenvalue weighted by Gasteiger charge is -2.10. The average molecular weight is 407 g/mol. The van der Waals surface area contributed by atoms with Crippen molar-refractivity contribution in [3.8, 4) is 17.2 Å². The molecule has 0 unspecified atom stereocenters. The van der Waals surface area contributed by atoms with Crippen molar-refractivity contribution in [3.05, 3.63) is 83.4 Å². The Labute approximate surface area is 171 Å². The largest absolute Gasteiger partial charge is 0.497 e. The molecule has 0 heterocycles. The van der Waals surface area contributed by atoms with E-state index in [1.54, 1.807) is 55.6 Å². The smallest absolute Gasteiger partial charge is 0.336 e. The molecule has 3 N–H and O–H groups in total. The fraction of sp³-hybridized carbons (Fsp3) is 0.0455. The van der Waals surface area contributed by atoms with E-state index in [1.807, 2.05) is 0 Å². The van der Waals surface area contributed by atoms with Gasteiger partial charge in [0.1, 0.15) is 17.2 Å². The average Bonchev–Trinajstić information content (AvgIpc) is 2.75. The Morgan fingerprint density at radius 2 is 1.30 bits per heavy atom. The third-order valence-corrected chi connectivity index (χ3v) is 4.15. The molecule has 30 heavy (non-hydrogen) atoms. The third kappa shape index (κ3) is 4.74. The Hall–Kier alpha value is -4.33. The second kappa shape index (κ2) is 8.78. The van der Waals surface area contributed by atoms with Gasteiger partial charge in [-0.3, -0.25) is 4.79 Å². The monoisotopic (exact) mass is 407 g/mol. The van der Waals surface area contributed by atoms with Gasteiger partial charge >= 0.3 is 11.9 Å². The lowest BCUT2D eigenvalue weighted by atomic mass is 10.1. The highest BCUT2D eigenvalue weighted by molar-refractivity contribution is 6.04. The summed E-state index contributed by atoms with van der Waals surface area (Å²) in [7, 11) is 1.54. The van der Waals surface area contributed by atoms with E-state index >= 15 is 0 Å². The van der Waals surface area contributed by atoms with Gasteiger partial charge in [0.05, 0.1) is 18.2 Å². The standard InChI is InChI=1S/C22H17NO7/c1-29-15-6-2-13(3-7-15)20(24)23-14-4-8-16(9-5-14)30-17-10-11-18(21(25)26)19(12-17)22(27)28/h2-12H,1H3,(H,23,24)(H,25,26)(H,27,28). The molecule has 3 aromatic carbocycles. The van der Waals surface area contributed by atoms with E-state index in [-0.39, 0.29) is 22.8 Å². The van der Waals surface area contributed by atoms with Crippen LogP contribution in [0.15, 0.2) is 66.7 Å². The lowest BCUT2D eigenvalue weighted by molar-refractivity contribution is 0.0651. The summed E-state index contributed by atoms with van der Waals surface area (Å²) >= 11 is 0. The number of ether oxygens (including phenoxy) is 2. The molecular formula is C22H17NO7. The van der Waals surface area contributed by atoms with Gasteiger partial charge in [0.2, 0.25) is 0 Å². The topological polar surface area (TPSA) is 122 Å². The molecule has 0 aromatic heterocycles. The fourth-order valence-corrected chi connectivity index (χ4v) is 2.64. The van der Waals surface area contributed by atoms with Crippen molar-refractivity contribution in [1.29, 1.82) is 0 Å². The van der Waals surface area contributed by atoms with Gasteiger partial charge in [0, 0.05) is 11.3 Å². The van der Waals surface area contributed by atoms with Crippen LogP contribution in [0.2, 0.25) is 0 Å². The molecule has 0 aliphatic heterocycles. The summed E-state index contributed by atoms with van der Waals surface area (Å²) in [6, 6.07) is 16.8. The van der Waals surface area contributed by atoms with E-state index < -0.39 is 11.9 Å². The quantitative estimate of drug-likeness (QED) is 0.538. The first-order valence-electron chi connectivity index (χ1n) is 8.71. The second-order valence-corrected chi connectivity index (χ2v) is 6.13. The van der Waals surface area contributed by atoms with Crippen LogP contribution in [0.3, 0.4) is 0 Å². The number of carboxylic acids is 2. The summed E-state index contributed by atoms with van der Waals surface area (Å²) in [5.74, 6) is -1.79. The molecule has 152 valence electrons. The summed E-state index contributed by atoms with van der Waals surface area (Å²) in [6.07, 6.45) is 0. The van der Waals surface area contributed by atoms with Crippen LogP contribution in [0.4, 0.5) is 5.69 Å². The molecular weight excluding hydrogens is 390 g/mol. The minimum absolute atomic E-state index is 0.174. The Morgan fingerprint density at radius 1 is 0.733 bits per heavy atom. The van der Waals surface area contributed by atoms with Gasteiger partial charge in [-0.1, -0.05) is 0 Å². The highest BCUT2D eigenvalue weighted by atomic mass is 16.5. The number of benzene rings is 3. The van der Waals surface area contributed by atoms with Crippen molar-refractivity contribution < 1.29 is 34.1 Å². The Bertz CT molecular complexity index is 1090. The first-order chi connectivity index (χ1) is 14.4. The maximum atomic E-state index is 12.3. The molecule has 0 radical (unpaired) electrons. The Kier molecular flexibility index (Phi) is 5.97. The highest BCUT2D eigenvalue weighted by Crippen LogP contribution is 2.26. The zero-order valence-corrected chi connectivity index (χ0v) is 15.8. The molecule has 3 rings (SSSR count). The van der Waals surface area contributed by atoms with Crippen LogP contribution < -0.4 is 14.8 Å². The fourth-order valence-electron chi connectivity index (χ4n) is 2.64. The van der Waals surface area contributed by atoms with E-state index in [4.69, 9.17) is 14.6 Å². The van der Waals surface area contributed by atoms with E-state index in [1.165, 1.54) is 12.1 Å². The number of hydrogen-bond acceptors (Lipinski definition) is 5. The zero-order valence-electron chi connectivity index (χ0n) is 15.8. The molecule has 0 fully saturated rings. The molecule has 0 spiro atoms. The van der Waals surface area contributed by atoms with Gasteiger partial charge in [-0.2, -0.15) is 0 Å². The van der Waals surface area contributed by atoms with E-state index in [0.717, 1.165) is 6.07 Å². The molecule has 0 bridgehead atoms. The maximum absolute atomic E-state index is 12.3. The molecule has 0 saturated carbocycles. The van der Waals surface area contributed by atoms with Crippen LogP contribution in [-0.2, 0) is 0 Å². The second-order valence-electron chi connectivity index (χ2n) is 6.13. The molecule has 0 saturated heterocycles. The SMILES string of the molecule is COc1ccc(C(=O)Nc2ccc(Oc3ccc(C(=O)O)c(C(=O)O)c3)cc2)cc1. The van der Waals surface area contributed by atoms with Crippen LogP contribution in [0.1, 0.15) is 31.1 Å². The Balaban J connectivity index is 1.70. The summed E-state index contributed by atoms with van der Waals surface area (Å²) in [6.45, 7) is 0. The maximum Gasteiger partial charge on any atom is 0.336 e. The van der Waals surface area contributed by atoms with E-state index in [0.29, 0.717) is 22.7 Å². The number of carbonyl (C=O) groups is 3. The predicted octanol–water partition coefficient (Wildman–Crippen LogP) is 4.14. The summed E-state index contributed by atoms with van der Waals surface area (Å²) in [5, 5.41) is 21.0. The summed E-state index contributed by atoms with van der Waals surface area (Å²) in [5.41, 5.74) is 0.307. The van der Waals surface area contributed by atoms with Crippen LogP contribution in [0.5, 0.6) is 17.2 Å². The number of carbonyl (C=O) groups excluding carboxylic acids is 1. The lowest BCUT2D eigenvalue weighted by Crippen LogP contribution is -2.11. The first kappa shape index (κ1) is 20.4. The van der Waals surface area contributed by atoms with E-state index in [9.17, 15) is 19.5 Å². The normalized spacial score (nSPS) is 10.2. The number of amides is 1. The van der Waals surface area contributed by atoms with Gasteiger partial charge in [0.15, 0.2) is 0 Å². The third-order valence-electron chi connectivity index (χ3n) is 4.15. The number of anilines is 1. The molecule has 1 amide bonds. The first-order valence-corrected chi connectivity index (χ1v) is 8.71. The predicted molar refractivity (Wildman–Crippen MR) is 108 cm³/mol. The Morgan fingerprint density at radius 3 is 1.87 bits per heavy atom. The molecule has 0 aliphatic carbocycles. The minimum Gasteiger partial charge on any atom is -0.497 e. The minimum atomic E-state index is -1.37. The van der Waals surface area contributed by atoms with E-state index in [2.05, 4.69) is 5.32 Å². The number of methoxy groups -OCH3 is 1. The number of hydrogen-bond donors (Lipinski definition) is 3. The van der Waals surface area contributed by atoms with Crippen LogP contribution in [0, 0.1) is 0 Å². The molecule has 3 aromatic rings. The van der Waals surface area contributed by atoms with Crippen molar-refractivity contribution >= 4 is 23.5 Å². The number of nitrogens with one attached hydrogen (secondary N) is 1. The van der Waals surface area contributed by atoms with Gasteiger partial charge in [-0.15, -0.1) is 0 Å². The zero-order chi connectivity index (χ0) is 21.7. The van der Waals surface area contributed by atoms with Crippen LogP contribution in [0.25, 0.3) is 0 Å². The van der Waals surface area contributed by atoms with Gasteiger partial charge in [-0.05, 0) is 66.7 Å². The van der Waals surface area contributed by atoms with Crippen LogP contribution >= 0.6 is 0 Å². The number of carboxylic acid groups (broad SMARTS) is 2. The van der Waals surface area contributed by atoms with Gasteiger partial charge in [0.25, 0.3) is 5.91 Å². The van der Waals surface area contributed by atoms with Crippen molar-refractivity contribution in [2.75, 3.05) is 12.4 Å². The van der Waals surface area contributed by atoms with Crippen LogP contribution in [-0.4, -0.2) is 35.2 Å². The van der Waals surface area contributed by atoms with Crippen molar-refractivity contribution in [2.45, 2.75) is 0 Å². The van der Waals surface area contributed by atoms with Crippen molar-refractivity contribution in [3.63, 3.8) is 0 Å². The molecule has 8 nitrogen and oxygen atoms in total. The summed E-state index contributed by atoms with van der Waals surface area (Å²) < 4.78 is 10.7. The number of rotatable bonds is 7. The summed E-state index contributed by atoms with van der Waals surface area (Å²) in [4.78, 5) is 34.7.